The van der Waals surface area contributed by atoms with E-state index in [9.17, 15) is 9.59 Å². The molecule has 41 heavy (non-hydrogen) atoms. The number of thioether (sulfide) groups is 1. The molecule has 0 saturated carbocycles. The second-order valence-electron chi connectivity index (χ2n) is 10.6. The van der Waals surface area contributed by atoms with Crippen LogP contribution in [0.1, 0.15) is 65.2 Å². The second kappa shape index (κ2) is 15.6. The van der Waals surface area contributed by atoms with E-state index in [0.717, 1.165) is 53.0 Å². The summed E-state index contributed by atoms with van der Waals surface area (Å²) in [7, 11) is 1.66. The summed E-state index contributed by atoms with van der Waals surface area (Å²) in [6.45, 7) is 6.10. The van der Waals surface area contributed by atoms with Crippen molar-refractivity contribution in [3.05, 3.63) is 54.6 Å². The van der Waals surface area contributed by atoms with Crippen molar-refractivity contribution in [1.29, 1.82) is 0 Å². The molecule has 1 aromatic heterocycles. The Kier molecular flexibility index (Phi) is 11.7. The lowest BCUT2D eigenvalue weighted by Gasteiger charge is -2.40. The highest BCUT2D eigenvalue weighted by molar-refractivity contribution is 7.99. The Hall–Kier alpha value is -3.33. The number of aromatic nitrogens is 3. The third kappa shape index (κ3) is 8.12. The van der Waals surface area contributed by atoms with Crippen LogP contribution in [0.25, 0.3) is 17.1 Å². The number of ether oxygens (including phenoxy) is 1. The van der Waals surface area contributed by atoms with Gasteiger partial charge in [-0.2, -0.15) is 0 Å². The first-order valence-corrected chi connectivity index (χ1v) is 15.9. The lowest BCUT2D eigenvalue weighted by molar-refractivity contribution is -0.142. The summed E-state index contributed by atoms with van der Waals surface area (Å²) in [6, 6.07) is 17.9. The fourth-order valence-electron chi connectivity index (χ4n) is 5.29. The SMILES string of the molecule is CCCCCCCC(=O)N1CCN(C(=O)CCCSc2nnc(-c3ccccc3)n2-c2ccccc2OC)CC1C. The lowest BCUT2D eigenvalue weighted by atomic mass is 10.1. The van der Waals surface area contributed by atoms with Crippen LogP contribution in [0.15, 0.2) is 59.8 Å². The maximum atomic E-state index is 13.0. The number of rotatable bonds is 14. The minimum Gasteiger partial charge on any atom is -0.495 e. The Labute approximate surface area is 248 Å². The molecule has 1 unspecified atom stereocenters. The Bertz CT molecular complexity index is 1270. The molecule has 8 nitrogen and oxygen atoms in total. The highest BCUT2D eigenvalue weighted by atomic mass is 32.2. The number of hydrogen-bond acceptors (Lipinski definition) is 6. The molecule has 0 spiro atoms. The molecule has 0 N–H and O–H groups in total. The molecule has 2 amide bonds. The van der Waals surface area contributed by atoms with Crippen molar-refractivity contribution < 1.29 is 14.3 Å². The van der Waals surface area contributed by atoms with E-state index in [2.05, 4.69) is 24.0 Å². The zero-order valence-corrected chi connectivity index (χ0v) is 25.4. The Morgan fingerprint density at radius 3 is 2.39 bits per heavy atom. The smallest absolute Gasteiger partial charge is 0.222 e. The number of para-hydroxylation sites is 2. The number of nitrogens with zero attached hydrogens (tertiary/aromatic N) is 5. The molecule has 4 rings (SSSR count). The van der Waals surface area contributed by atoms with Crippen LogP contribution in [-0.2, 0) is 9.59 Å². The molecule has 9 heteroatoms. The largest absolute Gasteiger partial charge is 0.495 e. The van der Waals surface area contributed by atoms with Gasteiger partial charge in [-0.25, -0.2) is 0 Å². The fraction of sp³-hybridized carbons (Fsp3) is 0.500. The highest BCUT2D eigenvalue weighted by Gasteiger charge is 2.29. The normalized spacial score (nSPS) is 15.2. The van der Waals surface area contributed by atoms with Gasteiger partial charge in [0, 0.05) is 49.8 Å². The molecular weight excluding hydrogens is 534 g/mol. The maximum Gasteiger partial charge on any atom is 0.222 e. The van der Waals surface area contributed by atoms with Crippen molar-refractivity contribution in [2.75, 3.05) is 32.5 Å². The maximum absolute atomic E-state index is 13.0. The van der Waals surface area contributed by atoms with Gasteiger partial charge >= 0.3 is 0 Å². The zero-order chi connectivity index (χ0) is 29.0. The first kappa shape index (κ1) is 30.6. The van der Waals surface area contributed by atoms with Gasteiger partial charge < -0.3 is 14.5 Å². The van der Waals surface area contributed by atoms with Crippen LogP contribution in [0, 0.1) is 0 Å². The van der Waals surface area contributed by atoms with Crippen molar-refractivity contribution in [2.24, 2.45) is 0 Å². The first-order chi connectivity index (χ1) is 20.0. The fourth-order valence-corrected chi connectivity index (χ4v) is 6.18. The lowest BCUT2D eigenvalue weighted by Crippen LogP contribution is -2.55. The van der Waals surface area contributed by atoms with Gasteiger partial charge in [0.2, 0.25) is 11.8 Å². The van der Waals surface area contributed by atoms with Gasteiger partial charge in [-0.15, -0.1) is 10.2 Å². The quantitative estimate of drug-likeness (QED) is 0.167. The molecule has 3 aromatic rings. The molecule has 2 aromatic carbocycles. The molecular formula is C32H43N5O3S. The molecule has 1 aliphatic heterocycles. The predicted molar refractivity (Wildman–Crippen MR) is 164 cm³/mol. The van der Waals surface area contributed by atoms with E-state index in [0.29, 0.717) is 32.5 Å². The molecule has 2 heterocycles. The summed E-state index contributed by atoms with van der Waals surface area (Å²) < 4.78 is 7.67. The van der Waals surface area contributed by atoms with Crippen LogP contribution in [-0.4, -0.2) is 74.9 Å². The average molecular weight is 578 g/mol. The first-order valence-electron chi connectivity index (χ1n) is 14.9. The molecule has 1 fully saturated rings. The van der Waals surface area contributed by atoms with Gasteiger partial charge in [-0.3, -0.25) is 14.2 Å². The minimum atomic E-state index is 0.0565. The van der Waals surface area contributed by atoms with E-state index in [-0.39, 0.29) is 17.9 Å². The average Bonchev–Trinajstić information content (AvgIpc) is 3.43. The van der Waals surface area contributed by atoms with Gasteiger partial charge in [-0.05, 0) is 31.9 Å². The monoisotopic (exact) mass is 577 g/mol. The molecule has 0 radical (unpaired) electrons. The second-order valence-corrected chi connectivity index (χ2v) is 11.6. The van der Waals surface area contributed by atoms with Crippen molar-refractivity contribution in [3.8, 4) is 22.8 Å². The number of hydrogen-bond donors (Lipinski definition) is 0. The van der Waals surface area contributed by atoms with E-state index in [1.807, 2.05) is 69.0 Å². The summed E-state index contributed by atoms with van der Waals surface area (Å²) in [4.78, 5) is 29.6. The van der Waals surface area contributed by atoms with E-state index >= 15 is 0 Å². The van der Waals surface area contributed by atoms with Gasteiger partial charge in [0.15, 0.2) is 11.0 Å². The topological polar surface area (TPSA) is 80.6 Å². The van der Waals surface area contributed by atoms with E-state index in [1.54, 1.807) is 18.9 Å². The summed E-state index contributed by atoms with van der Waals surface area (Å²) in [5, 5.41) is 9.79. The summed E-state index contributed by atoms with van der Waals surface area (Å²) >= 11 is 1.59. The van der Waals surface area contributed by atoms with E-state index in [4.69, 9.17) is 4.74 Å². The number of carbonyl (C=O) groups is 2. The Balaban J connectivity index is 1.30. The predicted octanol–water partition coefficient (Wildman–Crippen LogP) is 6.24. The van der Waals surface area contributed by atoms with Crippen molar-refractivity contribution >= 4 is 23.6 Å². The Morgan fingerprint density at radius 2 is 1.63 bits per heavy atom. The van der Waals surface area contributed by atoms with Crippen LogP contribution in [0.4, 0.5) is 0 Å². The van der Waals surface area contributed by atoms with Crippen molar-refractivity contribution in [3.63, 3.8) is 0 Å². The van der Waals surface area contributed by atoms with Crippen LogP contribution in [0.5, 0.6) is 5.75 Å². The van der Waals surface area contributed by atoms with Crippen molar-refractivity contribution in [1.82, 2.24) is 24.6 Å². The number of benzene rings is 2. The standard InChI is InChI=1S/C32H43N5O3S/c1-4-5-6-7-11-19-30(39)36-22-21-35(24-25(36)2)29(38)20-14-23-41-32-34-33-31(26-15-9-8-10-16-26)37(32)27-17-12-13-18-28(27)40-3/h8-10,12-13,15-18,25H,4-7,11,14,19-24H2,1-3H3. The third-order valence-electron chi connectivity index (χ3n) is 7.55. The Morgan fingerprint density at radius 1 is 0.902 bits per heavy atom. The summed E-state index contributed by atoms with van der Waals surface area (Å²) in [5.74, 6) is 2.60. The third-order valence-corrected chi connectivity index (χ3v) is 8.57. The number of piperazine rings is 1. The molecule has 220 valence electrons. The van der Waals surface area contributed by atoms with Crippen LogP contribution < -0.4 is 4.74 Å². The van der Waals surface area contributed by atoms with Crippen LogP contribution in [0.3, 0.4) is 0 Å². The minimum absolute atomic E-state index is 0.0565. The number of methoxy groups -OCH3 is 1. The number of amides is 2. The summed E-state index contributed by atoms with van der Waals surface area (Å²) in [6.07, 6.45) is 7.54. The summed E-state index contributed by atoms with van der Waals surface area (Å²) in [5.41, 5.74) is 1.84. The molecule has 0 aliphatic carbocycles. The van der Waals surface area contributed by atoms with Gasteiger partial charge in [-0.1, -0.05) is 86.8 Å². The van der Waals surface area contributed by atoms with Gasteiger partial charge in [0.1, 0.15) is 5.75 Å². The van der Waals surface area contributed by atoms with E-state index < -0.39 is 0 Å². The van der Waals surface area contributed by atoms with Crippen molar-refractivity contribution in [2.45, 2.75) is 76.4 Å². The van der Waals surface area contributed by atoms with Crippen LogP contribution >= 0.6 is 11.8 Å². The molecule has 0 bridgehead atoms. The number of unbranched alkanes of at least 4 members (excludes halogenated alkanes) is 4. The zero-order valence-electron chi connectivity index (χ0n) is 24.6. The van der Waals surface area contributed by atoms with Gasteiger partial charge in [0.25, 0.3) is 0 Å². The molecule has 1 aliphatic rings. The molecule has 1 atom stereocenters. The van der Waals surface area contributed by atoms with E-state index in [1.165, 1.54) is 19.3 Å². The highest BCUT2D eigenvalue weighted by Crippen LogP contribution is 2.32. The molecule has 1 saturated heterocycles. The number of carbonyl (C=O) groups excluding carboxylic acids is 2. The van der Waals surface area contributed by atoms with Crippen LogP contribution in [0.2, 0.25) is 0 Å². The van der Waals surface area contributed by atoms with Gasteiger partial charge in [0.05, 0.1) is 12.8 Å².